The third kappa shape index (κ3) is 4.74. The summed E-state index contributed by atoms with van der Waals surface area (Å²) in [6, 6.07) is 3.73. The van der Waals surface area contributed by atoms with E-state index in [1.165, 1.54) is 0 Å². The normalized spacial score (nSPS) is 24.5. The van der Waals surface area contributed by atoms with Crippen molar-refractivity contribution in [3.05, 3.63) is 24.2 Å². The molecular formula is C16H28N4O2. The highest BCUT2D eigenvalue weighted by Gasteiger charge is 2.33. The van der Waals surface area contributed by atoms with E-state index in [1.807, 2.05) is 12.1 Å². The molecule has 0 aliphatic carbocycles. The van der Waals surface area contributed by atoms with Crippen molar-refractivity contribution < 1.29 is 9.15 Å². The van der Waals surface area contributed by atoms with E-state index in [0.717, 1.165) is 25.4 Å². The number of rotatable bonds is 5. The molecule has 1 aromatic heterocycles. The Labute approximate surface area is 132 Å². The lowest BCUT2D eigenvalue weighted by Crippen LogP contribution is -2.59. The Balaban J connectivity index is 1.84. The number of nitrogens with one attached hydrogen (secondary N) is 1. The zero-order valence-corrected chi connectivity index (χ0v) is 14.0. The molecule has 0 saturated carbocycles. The number of nitrogens with zero attached hydrogens (tertiary/aromatic N) is 2. The fourth-order valence-electron chi connectivity index (χ4n) is 2.71. The predicted molar refractivity (Wildman–Crippen MR) is 87.7 cm³/mol. The van der Waals surface area contributed by atoms with Gasteiger partial charge in [-0.05, 0) is 39.8 Å². The lowest BCUT2D eigenvalue weighted by atomic mass is 10.00. The molecule has 2 atom stereocenters. The molecule has 6 heteroatoms. The van der Waals surface area contributed by atoms with Crippen molar-refractivity contribution in [3.8, 4) is 0 Å². The SMILES string of the molecule is CC1CN(C(C)(C)CNC(N)=NCc2ccco2)CC(C)O1. The third-order valence-electron chi connectivity index (χ3n) is 3.96. The van der Waals surface area contributed by atoms with E-state index in [1.54, 1.807) is 6.26 Å². The Bertz CT molecular complexity index is 474. The molecule has 2 heterocycles. The van der Waals surface area contributed by atoms with Gasteiger partial charge in [-0.3, -0.25) is 4.90 Å². The van der Waals surface area contributed by atoms with Crippen LogP contribution in [0, 0.1) is 0 Å². The molecule has 22 heavy (non-hydrogen) atoms. The molecule has 0 aromatic carbocycles. The molecule has 1 aromatic rings. The number of morpholine rings is 1. The van der Waals surface area contributed by atoms with Gasteiger partial charge in [0.2, 0.25) is 0 Å². The van der Waals surface area contributed by atoms with Crippen LogP contribution in [0.5, 0.6) is 0 Å². The Hall–Kier alpha value is -1.53. The number of ether oxygens (including phenoxy) is 1. The number of hydrogen-bond donors (Lipinski definition) is 2. The molecule has 2 unspecified atom stereocenters. The average Bonchev–Trinajstić information content (AvgIpc) is 2.95. The van der Waals surface area contributed by atoms with Crippen LogP contribution >= 0.6 is 0 Å². The lowest BCUT2D eigenvalue weighted by Gasteiger charge is -2.45. The molecule has 1 aliphatic rings. The zero-order valence-electron chi connectivity index (χ0n) is 14.0. The Morgan fingerprint density at radius 1 is 1.41 bits per heavy atom. The number of nitrogens with two attached hydrogens (primary N) is 1. The van der Waals surface area contributed by atoms with Crippen LogP contribution in [0.4, 0.5) is 0 Å². The van der Waals surface area contributed by atoms with Crippen LogP contribution in [-0.2, 0) is 11.3 Å². The molecule has 124 valence electrons. The van der Waals surface area contributed by atoms with Crippen molar-refractivity contribution >= 4 is 5.96 Å². The monoisotopic (exact) mass is 308 g/mol. The van der Waals surface area contributed by atoms with Gasteiger partial charge in [0, 0.05) is 25.2 Å². The summed E-state index contributed by atoms with van der Waals surface area (Å²) in [7, 11) is 0. The molecule has 1 fully saturated rings. The summed E-state index contributed by atoms with van der Waals surface area (Å²) in [5.74, 6) is 1.25. The second-order valence-corrected chi connectivity index (χ2v) is 6.61. The smallest absolute Gasteiger partial charge is 0.189 e. The summed E-state index contributed by atoms with van der Waals surface area (Å²) >= 11 is 0. The van der Waals surface area contributed by atoms with E-state index >= 15 is 0 Å². The summed E-state index contributed by atoms with van der Waals surface area (Å²) in [5, 5.41) is 3.22. The second kappa shape index (κ2) is 7.15. The molecule has 0 bridgehead atoms. The number of furan rings is 1. The van der Waals surface area contributed by atoms with Gasteiger partial charge in [0.15, 0.2) is 5.96 Å². The quantitative estimate of drug-likeness (QED) is 0.638. The summed E-state index contributed by atoms with van der Waals surface area (Å²) in [6.45, 7) is 11.7. The van der Waals surface area contributed by atoms with Gasteiger partial charge in [-0.15, -0.1) is 0 Å². The average molecular weight is 308 g/mol. The first-order valence-corrected chi connectivity index (χ1v) is 7.83. The van der Waals surface area contributed by atoms with Gasteiger partial charge in [-0.1, -0.05) is 0 Å². The number of hydrogen-bond acceptors (Lipinski definition) is 4. The highest BCUT2D eigenvalue weighted by Crippen LogP contribution is 2.20. The minimum Gasteiger partial charge on any atom is -0.467 e. The lowest BCUT2D eigenvalue weighted by molar-refractivity contribution is -0.0946. The minimum absolute atomic E-state index is 0.0167. The van der Waals surface area contributed by atoms with Gasteiger partial charge in [-0.25, -0.2) is 4.99 Å². The van der Waals surface area contributed by atoms with Crippen molar-refractivity contribution in [3.63, 3.8) is 0 Å². The molecule has 1 aliphatic heterocycles. The van der Waals surface area contributed by atoms with E-state index in [0.29, 0.717) is 12.5 Å². The van der Waals surface area contributed by atoms with Gasteiger partial charge in [0.25, 0.3) is 0 Å². The summed E-state index contributed by atoms with van der Waals surface area (Å²) in [4.78, 5) is 6.73. The highest BCUT2D eigenvalue weighted by atomic mass is 16.5. The van der Waals surface area contributed by atoms with E-state index in [-0.39, 0.29) is 17.7 Å². The van der Waals surface area contributed by atoms with Gasteiger partial charge < -0.3 is 20.2 Å². The molecule has 0 spiro atoms. The third-order valence-corrected chi connectivity index (χ3v) is 3.96. The van der Waals surface area contributed by atoms with Crippen LogP contribution in [0.3, 0.4) is 0 Å². The fourth-order valence-corrected chi connectivity index (χ4v) is 2.71. The highest BCUT2D eigenvalue weighted by molar-refractivity contribution is 5.77. The van der Waals surface area contributed by atoms with Crippen molar-refractivity contribution in [2.75, 3.05) is 19.6 Å². The standard InChI is InChI=1S/C16H28N4O2/c1-12-9-20(10-13(2)22-12)16(3,4)11-19-15(17)18-8-14-6-5-7-21-14/h5-7,12-13H,8-11H2,1-4H3,(H3,17,18,19). The molecular weight excluding hydrogens is 280 g/mol. The van der Waals surface area contributed by atoms with Gasteiger partial charge in [-0.2, -0.15) is 0 Å². The predicted octanol–water partition coefficient (Wildman–Crippen LogP) is 1.57. The van der Waals surface area contributed by atoms with Gasteiger partial charge >= 0.3 is 0 Å². The van der Waals surface area contributed by atoms with Gasteiger partial charge in [0.1, 0.15) is 12.3 Å². The topological polar surface area (TPSA) is 76.0 Å². The summed E-state index contributed by atoms with van der Waals surface area (Å²) in [5.41, 5.74) is 5.92. The van der Waals surface area contributed by atoms with Crippen molar-refractivity contribution in [1.82, 2.24) is 10.2 Å². The molecule has 2 rings (SSSR count). The minimum atomic E-state index is -0.0167. The van der Waals surface area contributed by atoms with E-state index in [9.17, 15) is 0 Å². The first-order valence-electron chi connectivity index (χ1n) is 7.83. The van der Waals surface area contributed by atoms with Crippen LogP contribution in [0.1, 0.15) is 33.5 Å². The van der Waals surface area contributed by atoms with Crippen molar-refractivity contribution in [2.24, 2.45) is 10.7 Å². The van der Waals surface area contributed by atoms with Crippen LogP contribution in [0.25, 0.3) is 0 Å². The Kier molecular flexibility index (Phi) is 5.47. The number of aliphatic imine (C=N–C) groups is 1. The van der Waals surface area contributed by atoms with E-state index < -0.39 is 0 Å². The maximum absolute atomic E-state index is 5.94. The van der Waals surface area contributed by atoms with Crippen LogP contribution < -0.4 is 11.1 Å². The molecule has 0 radical (unpaired) electrons. The maximum atomic E-state index is 5.94. The number of guanidine groups is 1. The summed E-state index contributed by atoms with van der Waals surface area (Å²) < 4.78 is 11.0. The van der Waals surface area contributed by atoms with E-state index in [4.69, 9.17) is 14.9 Å². The first kappa shape index (κ1) is 16.8. The maximum Gasteiger partial charge on any atom is 0.189 e. The summed E-state index contributed by atoms with van der Waals surface area (Å²) in [6.07, 6.45) is 2.15. The van der Waals surface area contributed by atoms with Crippen molar-refractivity contribution in [1.29, 1.82) is 0 Å². The Morgan fingerprint density at radius 3 is 2.68 bits per heavy atom. The van der Waals surface area contributed by atoms with Crippen LogP contribution in [0.15, 0.2) is 27.8 Å². The largest absolute Gasteiger partial charge is 0.467 e. The molecule has 3 N–H and O–H groups in total. The van der Waals surface area contributed by atoms with E-state index in [2.05, 4.69) is 42.9 Å². The van der Waals surface area contributed by atoms with Crippen molar-refractivity contribution in [2.45, 2.75) is 52.0 Å². The molecule has 0 amide bonds. The van der Waals surface area contributed by atoms with Crippen LogP contribution in [-0.4, -0.2) is 48.2 Å². The Morgan fingerprint density at radius 2 is 2.09 bits per heavy atom. The first-order chi connectivity index (χ1) is 10.4. The fraction of sp³-hybridized carbons (Fsp3) is 0.688. The zero-order chi connectivity index (χ0) is 16.2. The van der Waals surface area contributed by atoms with Gasteiger partial charge in [0.05, 0.1) is 18.5 Å². The van der Waals surface area contributed by atoms with Crippen LogP contribution in [0.2, 0.25) is 0 Å². The second-order valence-electron chi connectivity index (χ2n) is 6.61. The molecule has 6 nitrogen and oxygen atoms in total. The molecule has 1 saturated heterocycles.